The van der Waals surface area contributed by atoms with E-state index in [2.05, 4.69) is 22.5 Å². The van der Waals surface area contributed by atoms with Crippen molar-refractivity contribution in [3.8, 4) is 0 Å². The third-order valence-electron chi connectivity index (χ3n) is 8.16. The SMILES string of the molecule is CCC[C@@H]1C=C[C@H]2[C@@H](C(=O)N([C@@H](CO)[C@@H](C)CC)[C@@H]2C(=O)NCCN2CCOCC2)[C@@H]1C(=O)NC. The molecule has 1 aliphatic carbocycles. The molecule has 0 aromatic rings. The zero-order valence-electron chi connectivity index (χ0n) is 21.7. The van der Waals surface area contributed by atoms with Crippen LogP contribution in [0.2, 0.25) is 0 Å². The highest BCUT2D eigenvalue weighted by Gasteiger charge is 2.58. The number of rotatable bonds is 11. The van der Waals surface area contributed by atoms with Gasteiger partial charge in [-0.05, 0) is 18.3 Å². The summed E-state index contributed by atoms with van der Waals surface area (Å²) in [5.74, 6) is -2.13. The molecule has 2 fully saturated rings. The van der Waals surface area contributed by atoms with Crippen molar-refractivity contribution in [3.05, 3.63) is 12.2 Å². The fourth-order valence-corrected chi connectivity index (χ4v) is 6.02. The molecule has 0 bridgehead atoms. The summed E-state index contributed by atoms with van der Waals surface area (Å²) in [6.07, 6.45) is 6.49. The van der Waals surface area contributed by atoms with E-state index in [0.29, 0.717) is 26.3 Å². The molecule has 0 unspecified atom stereocenters. The molecule has 2 saturated heterocycles. The molecule has 0 saturated carbocycles. The molecule has 3 rings (SSSR count). The Bertz CT molecular complexity index is 769. The Morgan fingerprint density at radius 3 is 2.51 bits per heavy atom. The summed E-state index contributed by atoms with van der Waals surface area (Å²) in [5.41, 5.74) is 0. The molecule has 0 radical (unpaired) electrons. The minimum Gasteiger partial charge on any atom is -0.394 e. The molecular formula is C26H44N4O5. The largest absolute Gasteiger partial charge is 0.394 e. The number of carbonyl (C=O) groups excluding carboxylic acids is 3. The van der Waals surface area contributed by atoms with Gasteiger partial charge in [-0.2, -0.15) is 0 Å². The molecule has 7 atom stereocenters. The van der Waals surface area contributed by atoms with Crippen molar-refractivity contribution in [1.82, 2.24) is 20.4 Å². The average molecular weight is 493 g/mol. The summed E-state index contributed by atoms with van der Waals surface area (Å²) in [6, 6.07) is -1.22. The second kappa shape index (κ2) is 12.8. The van der Waals surface area contributed by atoms with E-state index in [1.165, 1.54) is 0 Å². The van der Waals surface area contributed by atoms with Crippen molar-refractivity contribution in [1.29, 1.82) is 0 Å². The van der Waals surface area contributed by atoms with Gasteiger partial charge in [0.1, 0.15) is 6.04 Å². The predicted octanol–water partition coefficient (Wildman–Crippen LogP) is 0.633. The number of amides is 3. The number of ether oxygens (including phenoxy) is 1. The monoisotopic (exact) mass is 492 g/mol. The molecule has 2 heterocycles. The van der Waals surface area contributed by atoms with Crippen LogP contribution in [0.3, 0.4) is 0 Å². The first kappa shape index (κ1) is 27.6. The molecule has 0 spiro atoms. The van der Waals surface area contributed by atoms with Crippen LogP contribution in [0.1, 0.15) is 40.0 Å². The lowest BCUT2D eigenvalue weighted by Gasteiger charge is -2.36. The fraction of sp³-hybridized carbons (Fsp3) is 0.808. The minimum absolute atomic E-state index is 0.0154. The van der Waals surface area contributed by atoms with Gasteiger partial charge in [-0.25, -0.2) is 0 Å². The third-order valence-corrected chi connectivity index (χ3v) is 8.16. The van der Waals surface area contributed by atoms with Crippen molar-refractivity contribution >= 4 is 17.7 Å². The molecule has 3 aliphatic rings. The van der Waals surface area contributed by atoms with Gasteiger partial charge in [0.15, 0.2) is 0 Å². The van der Waals surface area contributed by atoms with Crippen LogP contribution < -0.4 is 10.6 Å². The van der Waals surface area contributed by atoms with E-state index in [4.69, 9.17) is 4.74 Å². The van der Waals surface area contributed by atoms with Gasteiger partial charge in [0, 0.05) is 39.1 Å². The first-order chi connectivity index (χ1) is 16.9. The molecule has 3 amide bonds. The van der Waals surface area contributed by atoms with Gasteiger partial charge in [0.2, 0.25) is 17.7 Å². The van der Waals surface area contributed by atoms with E-state index in [0.717, 1.165) is 32.4 Å². The molecule has 0 aromatic carbocycles. The van der Waals surface area contributed by atoms with Crippen LogP contribution in [0, 0.1) is 29.6 Å². The van der Waals surface area contributed by atoms with Crippen LogP contribution in [-0.2, 0) is 19.1 Å². The van der Waals surface area contributed by atoms with Gasteiger partial charge < -0.3 is 25.4 Å². The normalized spacial score (nSPS) is 30.6. The van der Waals surface area contributed by atoms with Crippen LogP contribution >= 0.6 is 0 Å². The summed E-state index contributed by atoms with van der Waals surface area (Å²) >= 11 is 0. The average Bonchev–Trinajstić information content (AvgIpc) is 3.16. The number of aliphatic hydroxyl groups excluding tert-OH is 1. The van der Waals surface area contributed by atoms with E-state index in [1.807, 2.05) is 26.0 Å². The maximum absolute atomic E-state index is 14.0. The zero-order valence-corrected chi connectivity index (χ0v) is 21.7. The number of nitrogens with one attached hydrogen (secondary N) is 2. The molecule has 198 valence electrons. The van der Waals surface area contributed by atoms with E-state index >= 15 is 0 Å². The fourth-order valence-electron chi connectivity index (χ4n) is 6.02. The Kier molecular flexibility index (Phi) is 10.1. The van der Waals surface area contributed by atoms with Crippen LogP contribution in [-0.4, -0.2) is 97.8 Å². The van der Waals surface area contributed by atoms with Gasteiger partial charge in [0.05, 0.1) is 37.7 Å². The summed E-state index contributed by atoms with van der Waals surface area (Å²) in [5, 5.41) is 16.1. The second-order valence-corrected chi connectivity index (χ2v) is 10.2. The molecule has 2 aliphatic heterocycles. The van der Waals surface area contributed by atoms with Crippen molar-refractivity contribution < 1.29 is 24.2 Å². The number of likely N-dealkylation sites (tertiary alicyclic amines) is 1. The first-order valence-corrected chi connectivity index (χ1v) is 13.3. The second-order valence-electron chi connectivity index (χ2n) is 10.2. The Labute approximate surface area is 209 Å². The third kappa shape index (κ3) is 5.89. The highest BCUT2D eigenvalue weighted by molar-refractivity contribution is 5.97. The lowest BCUT2D eigenvalue weighted by Crippen LogP contribution is -2.55. The maximum Gasteiger partial charge on any atom is 0.243 e. The minimum atomic E-state index is -0.741. The van der Waals surface area contributed by atoms with E-state index < -0.39 is 29.8 Å². The molecule has 35 heavy (non-hydrogen) atoms. The number of aliphatic hydroxyl groups is 1. The Hall–Kier alpha value is -1.97. The predicted molar refractivity (Wildman–Crippen MR) is 133 cm³/mol. The van der Waals surface area contributed by atoms with Crippen LogP contribution in [0.15, 0.2) is 12.2 Å². The Morgan fingerprint density at radius 1 is 1.20 bits per heavy atom. The zero-order chi connectivity index (χ0) is 25.5. The van der Waals surface area contributed by atoms with E-state index in [1.54, 1.807) is 11.9 Å². The van der Waals surface area contributed by atoms with E-state index in [9.17, 15) is 19.5 Å². The first-order valence-electron chi connectivity index (χ1n) is 13.3. The van der Waals surface area contributed by atoms with Crippen molar-refractivity contribution in [2.45, 2.75) is 52.1 Å². The number of allylic oxidation sites excluding steroid dienone is 1. The number of hydrogen-bond donors (Lipinski definition) is 3. The number of hydrogen-bond acceptors (Lipinski definition) is 6. The maximum atomic E-state index is 14.0. The topological polar surface area (TPSA) is 111 Å². The highest BCUT2D eigenvalue weighted by Crippen LogP contribution is 2.46. The van der Waals surface area contributed by atoms with Crippen molar-refractivity contribution in [2.75, 3.05) is 53.0 Å². The molecule has 9 heteroatoms. The van der Waals surface area contributed by atoms with E-state index in [-0.39, 0.29) is 36.2 Å². The van der Waals surface area contributed by atoms with Crippen LogP contribution in [0.25, 0.3) is 0 Å². The molecular weight excluding hydrogens is 448 g/mol. The number of carbonyl (C=O) groups is 3. The standard InChI is InChI=1S/C26H44N4O5/c1-5-7-18-8-9-19-22(21(18)24(32)27-4)26(34)30(20(16-31)17(3)6-2)23(19)25(33)28-10-11-29-12-14-35-15-13-29/h8-9,17-23,31H,5-7,10-16H2,1-4H3,(H,27,32)(H,28,33)/t17-,18+,19-,20-,21+,22+,23-/m0/s1. The Morgan fingerprint density at radius 2 is 1.91 bits per heavy atom. The summed E-state index contributed by atoms with van der Waals surface area (Å²) < 4.78 is 5.39. The molecule has 0 aromatic heterocycles. The van der Waals surface area contributed by atoms with Crippen molar-refractivity contribution in [2.24, 2.45) is 29.6 Å². The number of morpholine rings is 1. The van der Waals surface area contributed by atoms with Crippen LogP contribution in [0.4, 0.5) is 0 Å². The lowest BCUT2D eigenvalue weighted by atomic mass is 9.68. The van der Waals surface area contributed by atoms with Gasteiger partial charge in [-0.3, -0.25) is 19.3 Å². The lowest BCUT2D eigenvalue weighted by molar-refractivity contribution is -0.144. The smallest absolute Gasteiger partial charge is 0.243 e. The number of nitrogens with zero attached hydrogens (tertiary/aromatic N) is 2. The van der Waals surface area contributed by atoms with Gasteiger partial charge in [-0.15, -0.1) is 0 Å². The summed E-state index contributed by atoms with van der Waals surface area (Å²) in [7, 11) is 1.60. The summed E-state index contributed by atoms with van der Waals surface area (Å²) in [6.45, 7) is 10.1. The summed E-state index contributed by atoms with van der Waals surface area (Å²) in [4.78, 5) is 44.5. The number of fused-ring (bicyclic) bond motifs is 1. The highest BCUT2D eigenvalue weighted by atomic mass is 16.5. The Balaban J connectivity index is 1.89. The van der Waals surface area contributed by atoms with Crippen LogP contribution in [0.5, 0.6) is 0 Å². The quantitative estimate of drug-likeness (QED) is 0.365. The van der Waals surface area contributed by atoms with Gasteiger partial charge >= 0.3 is 0 Å². The van der Waals surface area contributed by atoms with Gasteiger partial charge in [0.25, 0.3) is 0 Å². The van der Waals surface area contributed by atoms with Crippen molar-refractivity contribution in [3.63, 3.8) is 0 Å². The molecule has 3 N–H and O–H groups in total. The van der Waals surface area contributed by atoms with Gasteiger partial charge in [-0.1, -0.05) is 45.8 Å². The molecule has 9 nitrogen and oxygen atoms in total.